The number of ether oxygens (including phenoxy) is 2. The maximum absolute atomic E-state index is 13.7. The van der Waals surface area contributed by atoms with Crippen LogP contribution >= 0.6 is 0 Å². The van der Waals surface area contributed by atoms with Crippen molar-refractivity contribution < 1.29 is 19.1 Å². The Morgan fingerprint density at radius 2 is 1.84 bits per heavy atom. The average Bonchev–Trinajstić information content (AvgIpc) is 3.36. The lowest BCUT2D eigenvalue weighted by Gasteiger charge is -2.28. The molecule has 4 rings (SSSR count). The van der Waals surface area contributed by atoms with Gasteiger partial charge in [-0.15, -0.1) is 0 Å². The van der Waals surface area contributed by atoms with Crippen molar-refractivity contribution in [2.45, 2.75) is 40.7 Å². The number of benzene rings is 2. The minimum Gasteiger partial charge on any atom is -0.493 e. The molecule has 1 aromatic heterocycles. The zero-order valence-electron chi connectivity index (χ0n) is 22.5. The first-order chi connectivity index (χ1) is 18.3. The summed E-state index contributed by atoms with van der Waals surface area (Å²) in [5.74, 6) is 0.873. The molecule has 0 saturated heterocycles. The molecule has 2 N–H and O–H groups in total. The van der Waals surface area contributed by atoms with Crippen molar-refractivity contribution >= 4 is 23.5 Å². The molecular formula is C27H33N7O4. The smallest absolute Gasteiger partial charge is 0.260 e. The Kier molecular flexibility index (Phi) is 7.94. The number of carbonyl (C=O) groups excluding carboxylic acids is 2. The van der Waals surface area contributed by atoms with E-state index in [0.29, 0.717) is 47.4 Å². The number of nitrogens with one attached hydrogen (secondary N) is 2. The van der Waals surface area contributed by atoms with Crippen LogP contribution in [0.4, 0.5) is 11.6 Å². The molecule has 1 unspecified atom stereocenters. The predicted molar refractivity (Wildman–Crippen MR) is 143 cm³/mol. The maximum atomic E-state index is 13.7. The van der Waals surface area contributed by atoms with Gasteiger partial charge in [-0.05, 0) is 74.4 Å². The highest BCUT2D eigenvalue weighted by molar-refractivity contribution is 6.06. The number of hydrogen-bond acceptors (Lipinski definition) is 8. The van der Waals surface area contributed by atoms with E-state index in [2.05, 4.69) is 26.2 Å². The van der Waals surface area contributed by atoms with Gasteiger partial charge < -0.3 is 25.0 Å². The van der Waals surface area contributed by atoms with Crippen LogP contribution in [0.5, 0.6) is 11.5 Å². The number of amides is 2. The van der Waals surface area contributed by atoms with Crippen LogP contribution in [0.15, 0.2) is 47.7 Å². The number of anilines is 2. The van der Waals surface area contributed by atoms with Gasteiger partial charge in [0, 0.05) is 24.5 Å². The van der Waals surface area contributed by atoms with E-state index in [0.717, 1.165) is 16.8 Å². The number of likely N-dealkylation sites (N-methyl/N-ethyl adjacent to an activating group) is 1. The molecule has 0 bridgehead atoms. The number of hydrogen-bond donors (Lipinski definition) is 2. The zero-order chi connectivity index (χ0) is 27.4. The van der Waals surface area contributed by atoms with Crippen molar-refractivity contribution in [3.63, 3.8) is 0 Å². The van der Waals surface area contributed by atoms with Crippen LogP contribution < -0.4 is 20.1 Å². The quantitative estimate of drug-likeness (QED) is 0.441. The Balaban J connectivity index is 1.67. The molecule has 11 nitrogen and oxygen atoms in total. The number of carbonyl (C=O) groups is 2. The Morgan fingerprint density at radius 1 is 1.08 bits per heavy atom. The first-order valence-corrected chi connectivity index (χ1v) is 12.5. The van der Waals surface area contributed by atoms with Crippen molar-refractivity contribution in [2.75, 3.05) is 37.4 Å². The second kappa shape index (κ2) is 11.3. The number of aromatic nitrogens is 4. The van der Waals surface area contributed by atoms with E-state index in [4.69, 9.17) is 9.47 Å². The van der Waals surface area contributed by atoms with Gasteiger partial charge in [0.25, 0.3) is 11.8 Å². The third-order valence-electron chi connectivity index (χ3n) is 6.56. The fraction of sp³-hybridized carbons (Fsp3) is 0.370. The standard InChI is InChI=1S/C27H33N7O4/c1-7-33(8-2)23(35)15-38-21-12-10-19(14-22(21)37-6)25-24(18(5)28-27-30-31-32-34(25)27)26(36)29-20-11-9-16(3)13-17(20)4/h9-14,25H,7-8,15H2,1-6H3,(H,29,36)(H,28,30,32). The molecule has 11 heteroatoms. The molecule has 0 saturated carbocycles. The number of tetrazole rings is 1. The lowest BCUT2D eigenvalue weighted by atomic mass is 9.94. The summed E-state index contributed by atoms with van der Waals surface area (Å²) in [4.78, 5) is 27.8. The molecular weight excluding hydrogens is 486 g/mol. The molecule has 3 aromatic rings. The number of methoxy groups -OCH3 is 1. The van der Waals surface area contributed by atoms with Gasteiger partial charge >= 0.3 is 0 Å². The Bertz CT molecular complexity index is 1380. The molecule has 200 valence electrons. The maximum Gasteiger partial charge on any atom is 0.260 e. The lowest BCUT2D eigenvalue weighted by molar-refractivity contribution is -0.133. The van der Waals surface area contributed by atoms with E-state index in [1.165, 1.54) is 7.11 Å². The third-order valence-corrected chi connectivity index (χ3v) is 6.56. The summed E-state index contributed by atoms with van der Waals surface area (Å²) in [7, 11) is 1.53. The number of allylic oxidation sites excluding steroid dienone is 1. The summed E-state index contributed by atoms with van der Waals surface area (Å²) in [5, 5.41) is 18.2. The van der Waals surface area contributed by atoms with Crippen molar-refractivity contribution in [3.8, 4) is 11.5 Å². The normalized spacial score (nSPS) is 14.4. The van der Waals surface area contributed by atoms with E-state index in [9.17, 15) is 9.59 Å². The Morgan fingerprint density at radius 3 is 2.53 bits per heavy atom. The van der Waals surface area contributed by atoms with Crippen molar-refractivity contribution in [1.82, 2.24) is 25.1 Å². The SMILES string of the molecule is CCN(CC)C(=O)COc1ccc(C2C(C(=O)Nc3ccc(C)cc3C)=C(C)Nc3nnnn32)cc1OC. The minimum absolute atomic E-state index is 0.107. The van der Waals surface area contributed by atoms with E-state index >= 15 is 0 Å². The third kappa shape index (κ3) is 5.31. The predicted octanol–water partition coefficient (Wildman–Crippen LogP) is 3.47. The fourth-order valence-electron chi connectivity index (χ4n) is 4.54. The molecule has 2 aromatic carbocycles. The van der Waals surface area contributed by atoms with E-state index in [1.54, 1.807) is 21.7 Å². The molecule has 2 heterocycles. The van der Waals surface area contributed by atoms with Crippen LogP contribution in [0.1, 0.15) is 43.5 Å². The number of nitrogens with zero attached hydrogens (tertiary/aromatic N) is 5. The fourth-order valence-corrected chi connectivity index (χ4v) is 4.54. The van der Waals surface area contributed by atoms with E-state index < -0.39 is 6.04 Å². The van der Waals surface area contributed by atoms with Crippen LogP contribution in [0.25, 0.3) is 0 Å². The van der Waals surface area contributed by atoms with Gasteiger partial charge in [0.1, 0.15) is 6.04 Å². The second-order valence-corrected chi connectivity index (χ2v) is 9.05. The molecule has 1 aliphatic rings. The summed E-state index contributed by atoms with van der Waals surface area (Å²) in [6, 6.07) is 10.5. The summed E-state index contributed by atoms with van der Waals surface area (Å²) < 4.78 is 13.0. The number of fused-ring (bicyclic) bond motifs is 1. The summed E-state index contributed by atoms with van der Waals surface area (Å²) in [6.45, 7) is 10.7. The van der Waals surface area contributed by atoms with Gasteiger partial charge in [0.2, 0.25) is 5.95 Å². The Labute approximate surface area is 221 Å². The van der Waals surface area contributed by atoms with Crippen LogP contribution in [-0.2, 0) is 9.59 Å². The van der Waals surface area contributed by atoms with Crippen LogP contribution in [0.2, 0.25) is 0 Å². The van der Waals surface area contributed by atoms with Crippen molar-refractivity contribution in [3.05, 3.63) is 64.4 Å². The first kappa shape index (κ1) is 26.6. The number of aryl methyl sites for hydroxylation is 2. The van der Waals surface area contributed by atoms with Crippen LogP contribution in [-0.4, -0.2) is 63.7 Å². The zero-order valence-corrected chi connectivity index (χ0v) is 22.5. The van der Waals surface area contributed by atoms with E-state index in [-0.39, 0.29) is 18.4 Å². The van der Waals surface area contributed by atoms with Gasteiger partial charge in [0.15, 0.2) is 18.1 Å². The molecule has 38 heavy (non-hydrogen) atoms. The van der Waals surface area contributed by atoms with Gasteiger partial charge in [0.05, 0.1) is 12.7 Å². The van der Waals surface area contributed by atoms with Gasteiger partial charge in [-0.2, -0.15) is 4.68 Å². The largest absolute Gasteiger partial charge is 0.493 e. The molecule has 0 radical (unpaired) electrons. The minimum atomic E-state index is -0.632. The molecule has 1 atom stereocenters. The number of rotatable bonds is 9. The van der Waals surface area contributed by atoms with Crippen molar-refractivity contribution in [2.24, 2.45) is 0 Å². The first-order valence-electron chi connectivity index (χ1n) is 12.5. The molecule has 0 spiro atoms. The van der Waals surface area contributed by atoms with Crippen LogP contribution in [0, 0.1) is 13.8 Å². The highest BCUT2D eigenvalue weighted by Gasteiger charge is 2.34. The topological polar surface area (TPSA) is 124 Å². The van der Waals surface area contributed by atoms with Crippen LogP contribution in [0.3, 0.4) is 0 Å². The van der Waals surface area contributed by atoms with Gasteiger partial charge in [-0.1, -0.05) is 28.9 Å². The summed E-state index contributed by atoms with van der Waals surface area (Å²) >= 11 is 0. The summed E-state index contributed by atoms with van der Waals surface area (Å²) in [5.41, 5.74) is 4.59. The highest BCUT2D eigenvalue weighted by atomic mass is 16.5. The second-order valence-electron chi connectivity index (χ2n) is 9.05. The molecule has 0 aliphatic carbocycles. The highest BCUT2D eigenvalue weighted by Crippen LogP contribution is 2.38. The van der Waals surface area contributed by atoms with Gasteiger partial charge in [-0.25, -0.2) is 0 Å². The van der Waals surface area contributed by atoms with Crippen molar-refractivity contribution in [1.29, 1.82) is 0 Å². The van der Waals surface area contributed by atoms with Gasteiger partial charge in [-0.3, -0.25) is 9.59 Å². The lowest BCUT2D eigenvalue weighted by Crippen LogP contribution is -2.34. The molecule has 0 fully saturated rings. The van der Waals surface area contributed by atoms with E-state index in [1.807, 2.05) is 58.9 Å². The Hall–Kier alpha value is -4.41. The average molecular weight is 520 g/mol. The summed E-state index contributed by atoms with van der Waals surface area (Å²) in [6.07, 6.45) is 0. The molecule has 1 aliphatic heterocycles. The monoisotopic (exact) mass is 519 g/mol. The molecule has 2 amide bonds.